The highest BCUT2D eigenvalue weighted by molar-refractivity contribution is 7.91. The van der Waals surface area contributed by atoms with Crippen LogP contribution in [0.25, 0.3) is 0 Å². The van der Waals surface area contributed by atoms with Crippen LogP contribution in [0.4, 0.5) is 5.69 Å². The number of nitrogens with zero attached hydrogens (tertiary/aromatic N) is 1. The molecule has 8 heteroatoms. The Balaban J connectivity index is 1.73. The molecule has 7 nitrogen and oxygen atoms in total. The Morgan fingerprint density at radius 2 is 1.86 bits per heavy atom. The first-order valence-corrected chi connectivity index (χ1v) is 10.6. The van der Waals surface area contributed by atoms with E-state index in [0.717, 1.165) is 0 Å². The average molecular weight is 403 g/mol. The number of carbonyl (C=O) groups is 2. The second-order valence-electron chi connectivity index (χ2n) is 6.46. The largest absolute Gasteiger partial charge is 0.497 e. The van der Waals surface area contributed by atoms with Gasteiger partial charge >= 0.3 is 5.97 Å². The molecule has 1 aliphatic rings. The molecule has 0 unspecified atom stereocenters. The zero-order valence-corrected chi connectivity index (χ0v) is 16.2. The first kappa shape index (κ1) is 19.9. The van der Waals surface area contributed by atoms with Crippen LogP contribution in [0.15, 0.2) is 54.6 Å². The van der Waals surface area contributed by atoms with Crippen LogP contribution in [-0.2, 0) is 19.4 Å². The van der Waals surface area contributed by atoms with Crippen LogP contribution in [0.1, 0.15) is 16.8 Å². The Hall–Kier alpha value is -2.87. The fourth-order valence-electron chi connectivity index (χ4n) is 3.16. The molecule has 1 aliphatic heterocycles. The highest BCUT2D eigenvalue weighted by Crippen LogP contribution is 2.24. The lowest BCUT2D eigenvalue weighted by Gasteiger charge is -2.28. The fourth-order valence-corrected chi connectivity index (χ4v) is 4.86. The second kappa shape index (κ2) is 8.43. The Morgan fingerprint density at radius 1 is 1.11 bits per heavy atom. The number of rotatable bonds is 6. The molecule has 0 radical (unpaired) electrons. The minimum atomic E-state index is -3.18. The third-order valence-corrected chi connectivity index (χ3v) is 6.26. The number of esters is 1. The molecular formula is C20H21NO6S. The minimum absolute atomic E-state index is 0.0396. The third kappa shape index (κ3) is 4.69. The van der Waals surface area contributed by atoms with E-state index in [0.29, 0.717) is 17.9 Å². The smallest absolute Gasteiger partial charge is 0.338 e. The number of ether oxygens (including phenoxy) is 2. The van der Waals surface area contributed by atoms with Gasteiger partial charge in [-0.2, -0.15) is 0 Å². The molecule has 28 heavy (non-hydrogen) atoms. The van der Waals surface area contributed by atoms with Gasteiger partial charge in [0.2, 0.25) is 0 Å². The Kier molecular flexibility index (Phi) is 5.99. The zero-order valence-electron chi connectivity index (χ0n) is 15.4. The van der Waals surface area contributed by atoms with Crippen molar-refractivity contribution in [3.63, 3.8) is 0 Å². The lowest BCUT2D eigenvalue weighted by Crippen LogP contribution is -2.43. The number of para-hydroxylation sites is 1. The number of hydrogen-bond donors (Lipinski definition) is 0. The van der Waals surface area contributed by atoms with Gasteiger partial charge in [-0.1, -0.05) is 24.3 Å². The highest BCUT2D eigenvalue weighted by atomic mass is 32.2. The molecule has 0 aromatic heterocycles. The molecule has 1 amide bonds. The van der Waals surface area contributed by atoms with Crippen LogP contribution >= 0.6 is 0 Å². The van der Waals surface area contributed by atoms with Crippen LogP contribution in [0.3, 0.4) is 0 Å². The van der Waals surface area contributed by atoms with Crippen molar-refractivity contribution < 1.29 is 27.5 Å². The number of methoxy groups -OCH3 is 1. The van der Waals surface area contributed by atoms with E-state index < -0.39 is 34.4 Å². The summed E-state index contributed by atoms with van der Waals surface area (Å²) >= 11 is 0. The van der Waals surface area contributed by atoms with Gasteiger partial charge in [-0.05, 0) is 36.8 Å². The highest BCUT2D eigenvalue weighted by Gasteiger charge is 2.35. The van der Waals surface area contributed by atoms with Gasteiger partial charge < -0.3 is 14.4 Å². The third-order valence-electron chi connectivity index (χ3n) is 4.51. The fraction of sp³-hybridized carbons (Fsp3) is 0.300. The predicted molar refractivity (Wildman–Crippen MR) is 104 cm³/mol. The molecule has 2 aromatic rings. The molecule has 1 fully saturated rings. The van der Waals surface area contributed by atoms with Crippen molar-refractivity contribution in [1.29, 1.82) is 0 Å². The van der Waals surface area contributed by atoms with Crippen molar-refractivity contribution in [2.75, 3.05) is 30.1 Å². The van der Waals surface area contributed by atoms with Gasteiger partial charge in [0.15, 0.2) is 16.4 Å². The van der Waals surface area contributed by atoms with E-state index in [9.17, 15) is 18.0 Å². The molecular weight excluding hydrogens is 382 g/mol. The minimum Gasteiger partial charge on any atom is -0.497 e. The normalized spacial score (nSPS) is 17.7. The maximum Gasteiger partial charge on any atom is 0.338 e. The van der Waals surface area contributed by atoms with Gasteiger partial charge in [-0.15, -0.1) is 0 Å². The topological polar surface area (TPSA) is 90.0 Å². The van der Waals surface area contributed by atoms with Gasteiger partial charge in [0.05, 0.1) is 30.2 Å². The van der Waals surface area contributed by atoms with Gasteiger partial charge in [-0.25, -0.2) is 13.2 Å². The standard InChI is InChI=1S/C20H21NO6S/c1-26-18-9-5-6-15(12-18)20(23)27-13-19(22)21(16-7-3-2-4-8-16)17-10-11-28(24,25)14-17/h2-9,12,17H,10-11,13-14H2,1H3/t17-/m1/s1. The summed E-state index contributed by atoms with van der Waals surface area (Å²) in [5, 5.41) is 0. The summed E-state index contributed by atoms with van der Waals surface area (Å²) in [6.07, 6.45) is 0.354. The van der Waals surface area contributed by atoms with Gasteiger partial charge in [0.1, 0.15) is 5.75 Å². The van der Waals surface area contributed by atoms with E-state index in [1.54, 1.807) is 48.5 Å². The number of carbonyl (C=O) groups excluding carboxylic acids is 2. The maximum absolute atomic E-state index is 12.8. The summed E-state index contributed by atoms with van der Waals surface area (Å²) in [5.74, 6) is -0.679. The molecule has 1 atom stereocenters. The number of hydrogen-bond acceptors (Lipinski definition) is 6. The van der Waals surface area contributed by atoms with E-state index >= 15 is 0 Å². The van der Waals surface area contributed by atoms with Crippen molar-refractivity contribution in [1.82, 2.24) is 0 Å². The van der Waals surface area contributed by atoms with E-state index in [-0.39, 0.29) is 17.1 Å². The molecule has 148 valence electrons. The summed E-state index contributed by atoms with van der Waals surface area (Å²) in [7, 11) is -1.69. The summed E-state index contributed by atoms with van der Waals surface area (Å²) in [4.78, 5) is 26.5. The Bertz CT molecular complexity index is 958. The van der Waals surface area contributed by atoms with Crippen LogP contribution in [0, 0.1) is 0 Å². The van der Waals surface area contributed by atoms with Crippen molar-refractivity contribution in [2.45, 2.75) is 12.5 Å². The molecule has 0 saturated carbocycles. The summed E-state index contributed by atoms with van der Waals surface area (Å²) in [5.41, 5.74) is 0.842. The van der Waals surface area contributed by atoms with Crippen LogP contribution < -0.4 is 9.64 Å². The molecule has 0 aliphatic carbocycles. The molecule has 2 aromatic carbocycles. The van der Waals surface area contributed by atoms with Gasteiger partial charge in [0.25, 0.3) is 5.91 Å². The number of amides is 1. The molecule has 3 rings (SSSR count). The summed E-state index contributed by atoms with van der Waals surface area (Å²) in [6.45, 7) is -0.485. The first-order chi connectivity index (χ1) is 13.4. The van der Waals surface area contributed by atoms with Crippen LogP contribution in [0.2, 0.25) is 0 Å². The molecule has 0 bridgehead atoms. The number of anilines is 1. The van der Waals surface area contributed by atoms with Crippen molar-refractivity contribution in [2.24, 2.45) is 0 Å². The SMILES string of the molecule is COc1cccc(C(=O)OCC(=O)N(c2ccccc2)[C@@H]2CCS(=O)(=O)C2)c1. The quantitative estimate of drug-likeness (QED) is 0.686. The summed E-state index contributed by atoms with van der Waals surface area (Å²) in [6, 6.07) is 14.7. The van der Waals surface area contributed by atoms with Gasteiger partial charge in [0, 0.05) is 5.69 Å². The lowest BCUT2D eigenvalue weighted by molar-refractivity contribution is -0.122. The predicted octanol–water partition coefficient (Wildman–Crippen LogP) is 2.07. The Morgan fingerprint density at radius 3 is 2.50 bits per heavy atom. The van der Waals surface area contributed by atoms with E-state index in [4.69, 9.17) is 9.47 Å². The maximum atomic E-state index is 12.8. The van der Waals surface area contributed by atoms with Crippen LogP contribution in [0.5, 0.6) is 5.75 Å². The van der Waals surface area contributed by atoms with Crippen LogP contribution in [-0.4, -0.2) is 51.6 Å². The second-order valence-corrected chi connectivity index (χ2v) is 8.69. The number of benzene rings is 2. The number of sulfone groups is 1. The van der Waals surface area contributed by atoms with Crippen molar-refractivity contribution >= 4 is 27.4 Å². The van der Waals surface area contributed by atoms with Crippen molar-refractivity contribution in [3.8, 4) is 5.75 Å². The van der Waals surface area contributed by atoms with E-state index in [1.807, 2.05) is 0 Å². The zero-order chi connectivity index (χ0) is 20.1. The average Bonchev–Trinajstić information content (AvgIpc) is 3.06. The van der Waals surface area contributed by atoms with E-state index in [2.05, 4.69) is 0 Å². The van der Waals surface area contributed by atoms with E-state index in [1.165, 1.54) is 18.1 Å². The first-order valence-electron chi connectivity index (χ1n) is 8.78. The molecule has 1 saturated heterocycles. The molecule has 1 heterocycles. The monoisotopic (exact) mass is 403 g/mol. The lowest BCUT2D eigenvalue weighted by atomic mass is 10.2. The van der Waals surface area contributed by atoms with Crippen molar-refractivity contribution in [3.05, 3.63) is 60.2 Å². The molecule has 0 spiro atoms. The summed E-state index contributed by atoms with van der Waals surface area (Å²) < 4.78 is 34.0. The Labute approximate surface area is 163 Å². The van der Waals surface area contributed by atoms with Gasteiger partial charge in [-0.3, -0.25) is 4.79 Å². The molecule has 0 N–H and O–H groups in total.